The van der Waals surface area contributed by atoms with Gasteiger partial charge in [-0.25, -0.2) is 0 Å². The number of rotatable bonds is 8. The van der Waals surface area contributed by atoms with E-state index in [1.54, 1.807) is 5.57 Å². The molecule has 0 aliphatic heterocycles. The van der Waals surface area contributed by atoms with Crippen molar-refractivity contribution < 1.29 is 0 Å². The van der Waals surface area contributed by atoms with E-state index in [9.17, 15) is 0 Å². The average molecular weight is 194 g/mol. The van der Waals surface area contributed by atoms with E-state index in [0.29, 0.717) is 0 Å². The summed E-state index contributed by atoms with van der Waals surface area (Å²) in [6.45, 7) is 10.6. The van der Waals surface area contributed by atoms with Crippen LogP contribution in [0.2, 0.25) is 0 Å². The molecule has 0 rings (SSSR count). The molecule has 1 unspecified atom stereocenters. The second-order valence-electron chi connectivity index (χ2n) is 4.03. The van der Waals surface area contributed by atoms with E-state index in [0.717, 1.165) is 5.92 Å². The zero-order valence-corrected chi connectivity index (χ0v) is 10.2. The molecule has 0 aliphatic carbocycles. The van der Waals surface area contributed by atoms with Crippen LogP contribution in [0, 0.1) is 5.92 Å². The van der Waals surface area contributed by atoms with Crippen molar-refractivity contribution in [1.29, 1.82) is 0 Å². The summed E-state index contributed by atoms with van der Waals surface area (Å²) < 4.78 is 0. The molecule has 0 heterocycles. The van der Waals surface area contributed by atoms with Crippen molar-refractivity contribution in [3.05, 3.63) is 24.3 Å². The van der Waals surface area contributed by atoms with E-state index in [2.05, 4.69) is 33.4 Å². The molecule has 1 atom stereocenters. The predicted octanol–water partition coefficient (Wildman–Crippen LogP) is 5.12. The van der Waals surface area contributed by atoms with E-state index < -0.39 is 0 Å². The van der Waals surface area contributed by atoms with Crippen LogP contribution in [0.1, 0.15) is 59.3 Å². The van der Waals surface area contributed by atoms with Crippen molar-refractivity contribution in [3.63, 3.8) is 0 Å². The van der Waals surface area contributed by atoms with E-state index in [4.69, 9.17) is 0 Å². The van der Waals surface area contributed by atoms with E-state index >= 15 is 0 Å². The Labute approximate surface area is 90.1 Å². The van der Waals surface area contributed by atoms with Crippen LogP contribution in [-0.4, -0.2) is 0 Å². The fraction of sp³-hybridized carbons (Fsp3) is 0.714. The Morgan fingerprint density at radius 1 is 1.29 bits per heavy atom. The van der Waals surface area contributed by atoms with Crippen LogP contribution in [0.4, 0.5) is 0 Å². The highest BCUT2D eigenvalue weighted by Gasteiger charge is 2.07. The van der Waals surface area contributed by atoms with Gasteiger partial charge in [-0.1, -0.05) is 70.8 Å². The summed E-state index contributed by atoms with van der Waals surface area (Å²) in [6.07, 6.45) is 12.0. The minimum atomic E-state index is 0.890. The van der Waals surface area contributed by atoms with Gasteiger partial charge in [-0.3, -0.25) is 0 Å². The molecule has 0 heteroatoms. The van der Waals surface area contributed by atoms with Gasteiger partial charge in [0.1, 0.15) is 0 Å². The van der Waals surface area contributed by atoms with Gasteiger partial charge >= 0.3 is 0 Å². The Kier molecular flexibility index (Phi) is 8.72. The summed E-state index contributed by atoms with van der Waals surface area (Å²) in [5.41, 5.74) is 1.56. The van der Waals surface area contributed by atoms with Crippen LogP contribution in [0.3, 0.4) is 0 Å². The highest BCUT2D eigenvalue weighted by Crippen LogP contribution is 2.22. The third-order valence-corrected chi connectivity index (χ3v) is 2.90. The zero-order valence-electron chi connectivity index (χ0n) is 10.2. The van der Waals surface area contributed by atoms with Crippen LogP contribution in [0.15, 0.2) is 24.3 Å². The number of unbranched alkanes of at least 4 members (excludes halogenated alkanes) is 1. The van der Waals surface area contributed by atoms with Gasteiger partial charge in [0.25, 0.3) is 0 Å². The molecule has 0 saturated heterocycles. The maximum Gasteiger partial charge on any atom is -0.0289 e. The maximum atomic E-state index is 3.77. The van der Waals surface area contributed by atoms with Crippen molar-refractivity contribution in [3.8, 4) is 0 Å². The lowest BCUT2D eigenvalue weighted by atomic mass is 9.91. The molecule has 0 spiro atoms. The fourth-order valence-electron chi connectivity index (χ4n) is 1.81. The van der Waals surface area contributed by atoms with E-state index in [1.165, 1.54) is 38.5 Å². The molecule has 0 fully saturated rings. The monoisotopic (exact) mass is 194 g/mol. The standard InChI is InChI=1S/C14H26/c1-5-9-11-14(8-4)12-13(7-3)10-6-2/h6,10,14H,2,5,7-9,11-12H2,1,3-4H3/b13-10+. The molecule has 0 aliphatic rings. The summed E-state index contributed by atoms with van der Waals surface area (Å²) >= 11 is 0. The first-order valence-corrected chi connectivity index (χ1v) is 6.08. The van der Waals surface area contributed by atoms with Gasteiger partial charge in [0, 0.05) is 0 Å². The minimum Gasteiger partial charge on any atom is -0.0991 e. The van der Waals surface area contributed by atoms with Gasteiger partial charge in [0.15, 0.2) is 0 Å². The Morgan fingerprint density at radius 3 is 2.43 bits per heavy atom. The van der Waals surface area contributed by atoms with Crippen LogP contribution in [0.25, 0.3) is 0 Å². The molecule has 0 nitrogen and oxygen atoms in total. The number of hydrogen-bond acceptors (Lipinski definition) is 0. The van der Waals surface area contributed by atoms with Gasteiger partial charge in [0.05, 0.1) is 0 Å². The number of allylic oxidation sites excluding steroid dienone is 3. The average Bonchev–Trinajstić information content (AvgIpc) is 2.22. The van der Waals surface area contributed by atoms with E-state index in [-0.39, 0.29) is 0 Å². The molecule has 0 saturated carbocycles. The van der Waals surface area contributed by atoms with Gasteiger partial charge in [-0.2, -0.15) is 0 Å². The smallest absolute Gasteiger partial charge is 0.0289 e. The van der Waals surface area contributed by atoms with Crippen LogP contribution in [-0.2, 0) is 0 Å². The van der Waals surface area contributed by atoms with Crippen molar-refractivity contribution in [2.75, 3.05) is 0 Å². The van der Waals surface area contributed by atoms with Crippen LogP contribution in [0.5, 0.6) is 0 Å². The quantitative estimate of drug-likeness (QED) is 0.471. The van der Waals surface area contributed by atoms with E-state index in [1.807, 2.05) is 6.08 Å². The molecule has 0 aromatic rings. The lowest BCUT2D eigenvalue weighted by Gasteiger charge is -2.15. The highest BCUT2D eigenvalue weighted by atomic mass is 14.1. The molecular weight excluding hydrogens is 168 g/mol. The van der Waals surface area contributed by atoms with Crippen LogP contribution >= 0.6 is 0 Å². The van der Waals surface area contributed by atoms with Gasteiger partial charge in [-0.05, 0) is 18.8 Å². The molecule has 82 valence electrons. The van der Waals surface area contributed by atoms with Gasteiger partial charge < -0.3 is 0 Å². The third kappa shape index (κ3) is 6.01. The lowest BCUT2D eigenvalue weighted by molar-refractivity contribution is 0.444. The summed E-state index contributed by atoms with van der Waals surface area (Å²) in [6, 6.07) is 0. The Hall–Kier alpha value is -0.520. The number of hydrogen-bond donors (Lipinski definition) is 0. The third-order valence-electron chi connectivity index (χ3n) is 2.90. The zero-order chi connectivity index (χ0) is 10.8. The summed E-state index contributed by atoms with van der Waals surface area (Å²) in [5.74, 6) is 0.890. The summed E-state index contributed by atoms with van der Waals surface area (Å²) in [7, 11) is 0. The Bertz CT molecular complexity index is 165. The first-order chi connectivity index (χ1) is 6.78. The lowest BCUT2D eigenvalue weighted by Crippen LogP contribution is -2.00. The molecule has 0 aromatic carbocycles. The molecule has 14 heavy (non-hydrogen) atoms. The Morgan fingerprint density at radius 2 is 2.00 bits per heavy atom. The summed E-state index contributed by atoms with van der Waals surface area (Å²) in [4.78, 5) is 0. The SMILES string of the molecule is C=C/C=C(\CC)CC(CC)CCCC. The van der Waals surface area contributed by atoms with Crippen molar-refractivity contribution in [1.82, 2.24) is 0 Å². The first kappa shape index (κ1) is 13.5. The topological polar surface area (TPSA) is 0 Å². The van der Waals surface area contributed by atoms with Crippen molar-refractivity contribution >= 4 is 0 Å². The van der Waals surface area contributed by atoms with Crippen molar-refractivity contribution in [2.45, 2.75) is 59.3 Å². The second kappa shape index (κ2) is 9.05. The normalized spacial score (nSPS) is 14.1. The largest absolute Gasteiger partial charge is 0.0991 e. The van der Waals surface area contributed by atoms with Crippen LogP contribution < -0.4 is 0 Å². The molecule has 0 aromatic heterocycles. The molecule has 0 radical (unpaired) electrons. The van der Waals surface area contributed by atoms with Gasteiger partial charge in [0.2, 0.25) is 0 Å². The first-order valence-electron chi connectivity index (χ1n) is 6.08. The van der Waals surface area contributed by atoms with Crippen molar-refractivity contribution in [2.24, 2.45) is 5.92 Å². The highest BCUT2D eigenvalue weighted by molar-refractivity contribution is 5.10. The minimum absolute atomic E-state index is 0.890. The molecular formula is C14H26. The van der Waals surface area contributed by atoms with Gasteiger partial charge in [-0.15, -0.1) is 0 Å². The molecule has 0 N–H and O–H groups in total. The maximum absolute atomic E-state index is 3.77. The molecule has 0 amide bonds. The Balaban J connectivity index is 4.00. The second-order valence-corrected chi connectivity index (χ2v) is 4.03. The molecule has 0 bridgehead atoms. The fourth-order valence-corrected chi connectivity index (χ4v) is 1.81. The summed E-state index contributed by atoms with van der Waals surface area (Å²) in [5, 5.41) is 0. The predicted molar refractivity (Wildman–Crippen MR) is 66.5 cm³/mol.